The number of hydrogen-bond donors (Lipinski definition) is 1. The third-order valence-corrected chi connectivity index (χ3v) is 5.12. The molecule has 1 amide bonds. The minimum Gasteiger partial charge on any atom is -0.395 e. The van der Waals surface area contributed by atoms with Crippen molar-refractivity contribution in [1.82, 2.24) is 24.9 Å². The summed E-state index contributed by atoms with van der Waals surface area (Å²) in [5.41, 5.74) is 3.75. The van der Waals surface area contributed by atoms with Crippen LogP contribution < -0.4 is 0 Å². The third kappa shape index (κ3) is 3.92. The van der Waals surface area contributed by atoms with E-state index in [1.807, 2.05) is 67.6 Å². The Morgan fingerprint density at radius 3 is 2.67 bits per heavy atom. The lowest BCUT2D eigenvalue weighted by molar-refractivity contribution is 0.0717. The molecule has 7 nitrogen and oxygen atoms in total. The molecule has 1 N–H and O–H groups in total. The predicted octanol–water partition coefficient (Wildman–Crippen LogP) is 2.80. The molecule has 0 radical (unpaired) electrons. The molecule has 0 bridgehead atoms. The number of rotatable bonds is 7. The summed E-state index contributed by atoms with van der Waals surface area (Å²) in [4.78, 5) is 19.2. The second-order valence-electron chi connectivity index (χ2n) is 7.03. The Hall–Kier alpha value is -3.58. The number of pyridine rings is 1. The lowest BCUT2D eigenvalue weighted by Gasteiger charge is -2.21. The number of hydrogen-bond acceptors (Lipinski definition) is 5. The van der Waals surface area contributed by atoms with Crippen LogP contribution in [0.2, 0.25) is 0 Å². The van der Waals surface area contributed by atoms with Crippen LogP contribution in [0.1, 0.15) is 21.7 Å². The maximum atomic E-state index is 13.2. The summed E-state index contributed by atoms with van der Waals surface area (Å²) in [6, 6.07) is 19.6. The Morgan fingerprint density at radius 2 is 1.87 bits per heavy atom. The molecule has 0 unspecified atom stereocenters. The van der Waals surface area contributed by atoms with Gasteiger partial charge in [0.25, 0.3) is 5.91 Å². The average Bonchev–Trinajstić information content (AvgIpc) is 3.17. The number of carbonyl (C=O) groups is 1. The maximum Gasteiger partial charge on any atom is 0.276 e. The summed E-state index contributed by atoms with van der Waals surface area (Å²) in [6.45, 7) is 2.46. The molecule has 0 aliphatic rings. The second-order valence-corrected chi connectivity index (χ2v) is 7.03. The number of amides is 1. The van der Waals surface area contributed by atoms with Gasteiger partial charge in [0.15, 0.2) is 5.69 Å². The van der Waals surface area contributed by atoms with Crippen LogP contribution >= 0.6 is 0 Å². The Kier molecular flexibility index (Phi) is 5.81. The van der Waals surface area contributed by atoms with Gasteiger partial charge in [0, 0.05) is 24.7 Å². The van der Waals surface area contributed by atoms with E-state index in [0.29, 0.717) is 18.7 Å². The van der Waals surface area contributed by atoms with Crippen molar-refractivity contribution in [2.45, 2.75) is 13.3 Å². The fraction of sp³-hybridized carbons (Fsp3) is 0.217. The molecule has 0 aliphatic heterocycles. The van der Waals surface area contributed by atoms with Gasteiger partial charge in [0.1, 0.15) is 0 Å². The highest BCUT2D eigenvalue weighted by Gasteiger charge is 2.23. The van der Waals surface area contributed by atoms with Gasteiger partial charge in [-0.15, -0.1) is 5.10 Å². The van der Waals surface area contributed by atoms with E-state index in [2.05, 4.69) is 15.3 Å². The van der Waals surface area contributed by atoms with Crippen molar-refractivity contribution in [3.05, 3.63) is 83.8 Å². The first kappa shape index (κ1) is 19.7. The van der Waals surface area contributed by atoms with Gasteiger partial charge < -0.3 is 10.0 Å². The third-order valence-electron chi connectivity index (χ3n) is 5.12. The molecule has 0 atom stereocenters. The van der Waals surface area contributed by atoms with E-state index in [1.54, 1.807) is 15.8 Å². The van der Waals surface area contributed by atoms with Crippen LogP contribution in [0.5, 0.6) is 0 Å². The molecular formula is C23H23N5O2. The van der Waals surface area contributed by atoms with Crippen molar-refractivity contribution in [1.29, 1.82) is 0 Å². The SMILES string of the molecule is Cc1c(C(=O)N(CCO)CCc2ccccc2)nnn1-c1cccc2ncccc12. The number of aromatic nitrogens is 4. The zero-order valence-electron chi connectivity index (χ0n) is 16.8. The van der Waals surface area contributed by atoms with E-state index in [4.69, 9.17) is 0 Å². The molecule has 0 fully saturated rings. The molecule has 0 aliphatic carbocycles. The Bertz CT molecular complexity index is 1150. The molecule has 4 aromatic rings. The van der Waals surface area contributed by atoms with Crippen LogP contribution in [0.25, 0.3) is 16.6 Å². The predicted molar refractivity (Wildman–Crippen MR) is 115 cm³/mol. The van der Waals surface area contributed by atoms with Crippen LogP contribution in [0.3, 0.4) is 0 Å². The van der Waals surface area contributed by atoms with Crippen LogP contribution in [0, 0.1) is 6.92 Å². The van der Waals surface area contributed by atoms with Crippen molar-refractivity contribution in [2.24, 2.45) is 0 Å². The Labute approximate surface area is 174 Å². The zero-order chi connectivity index (χ0) is 20.9. The van der Waals surface area contributed by atoms with E-state index in [0.717, 1.165) is 22.2 Å². The number of aliphatic hydroxyl groups is 1. The quantitative estimate of drug-likeness (QED) is 0.515. The van der Waals surface area contributed by atoms with E-state index in [-0.39, 0.29) is 24.8 Å². The van der Waals surface area contributed by atoms with Crippen LogP contribution in [0.15, 0.2) is 66.9 Å². The molecular weight excluding hydrogens is 378 g/mol. The Balaban J connectivity index is 1.61. The molecule has 7 heteroatoms. The summed E-state index contributed by atoms with van der Waals surface area (Å²) in [6.07, 6.45) is 2.45. The Morgan fingerprint density at radius 1 is 1.03 bits per heavy atom. The van der Waals surface area contributed by atoms with Gasteiger partial charge in [-0.2, -0.15) is 0 Å². The summed E-state index contributed by atoms with van der Waals surface area (Å²) >= 11 is 0. The zero-order valence-corrected chi connectivity index (χ0v) is 16.8. The summed E-state index contributed by atoms with van der Waals surface area (Å²) < 4.78 is 1.67. The van der Waals surface area contributed by atoms with Crippen LogP contribution in [-0.2, 0) is 6.42 Å². The number of carbonyl (C=O) groups excluding carboxylic acids is 1. The van der Waals surface area contributed by atoms with Crippen molar-refractivity contribution in [3.8, 4) is 5.69 Å². The minimum atomic E-state index is -0.234. The molecule has 4 rings (SSSR count). The summed E-state index contributed by atoms with van der Waals surface area (Å²) in [5, 5.41) is 18.8. The smallest absolute Gasteiger partial charge is 0.276 e. The summed E-state index contributed by atoms with van der Waals surface area (Å²) in [5.74, 6) is -0.234. The van der Waals surface area contributed by atoms with Gasteiger partial charge in [-0.25, -0.2) is 4.68 Å². The molecule has 0 saturated carbocycles. The van der Waals surface area contributed by atoms with E-state index in [9.17, 15) is 9.90 Å². The van der Waals surface area contributed by atoms with Gasteiger partial charge in [-0.05, 0) is 43.2 Å². The van der Waals surface area contributed by atoms with Gasteiger partial charge in [-0.3, -0.25) is 9.78 Å². The van der Waals surface area contributed by atoms with Crippen molar-refractivity contribution >= 4 is 16.8 Å². The van der Waals surface area contributed by atoms with Gasteiger partial charge in [-0.1, -0.05) is 41.6 Å². The largest absolute Gasteiger partial charge is 0.395 e. The van der Waals surface area contributed by atoms with Crippen molar-refractivity contribution in [3.63, 3.8) is 0 Å². The number of fused-ring (bicyclic) bond motifs is 1. The van der Waals surface area contributed by atoms with Gasteiger partial charge in [0.05, 0.1) is 23.5 Å². The summed E-state index contributed by atoms with van der Waals surface area (Å²) in [7, 11) is 0. The van der Waals surface area contributed by atoms with E-state index in [1.165, 1.54) is 0 Å². The van der Waals surface area contributed by atoms with Gasteiger partial charge in [0.2, 0.25) is 0 Å². The fourth-order valence-electron chi connectivity index (χ4n) is 3.52. The molecule has 30 heavy (non-hydrogen) atoms. The topological polar surface area (TPSA) is 84.1 Å². The second kappa shape index (κ2) is 8.84. The van der Waals surface area contributed by atoms with Crippen LogP contribution in [0.4, 0.5) is 0 Å². The normalized spacial score (nSPS) is 11.0. The first-order valence-corrected chi connectivity index (χ1v) is 9.89. The standard InChI is InChI=1S/C23H23N5O2/c1-17-22(23(30)27(15-16-29)14-12-18-7-3-2-4-8-18)25-26-28(17)21-11-5-10-20-19(21)9-6-13-24-20/h2-11,13,29H,12,14-16H2,1H3. The molecule has 2 aromatic carbocycles. The number of aliphatic hydroxyl groups excluding tert-OH is 1. The molecule has 0 spiro atoms. The van der Waals surface area contributed by atoms with Crippen molar-refractivity contribution in [2.75, 3.05) is 19.7 Å². The molecule has 2 aromatic heterocycles. The molecule has 2 heterocycles. The highest BCUT2D eigenvalue weighted by atomic mass is 16.3. The number of benzene rings is 2. The first-order chi connectivity index (χ1) is 14.7. The molecule has 152 valence electrons. The minimum absolute atomic E-state index is 0.108. The number of nitrogens with zero attached hydrogens (tertiary/aromatic N) is 5. The average molecular weight is 401 g/mol. The van der Waals surface area contributed by atoms with E-state index >= 15 is 0 Å². The fourth-order valence-corrected chi connectivity index (χ4v) is 3.52. The first-order valence-electron chi connectivity index (χ1n) is 9.89. The lowest BCUT2D eigenvalue weighted by Crippen LogP contribution is -2.36. The van der Waals surface area contributed by atoms with Gasteiger partial charge >= 0.3 is 0 Å². The van der Waals surface area contributed by atoms with E-state index < -0.39 is 0 Å². The maximum absolute atomic E-state index is 13.2. The molecule has 0 saturated heterocycles. The lowest BCUT2D eigenvalue weighted by atomic mass is 10.1. The highest BCUT2D eigenvalue weighted by Crippen LogP contribution is 2.22. The monoisotopic (exact) mass is 401 g/mol. The van der Waals surface area contributed by atoms with Crippen molar-refractivity contribution < 1.29 is 9.90 Å². The van der Waals surface area contributed by atoms with Crippen LogP contribution in [-0.4, -0.2) is 55.6 Å². The highest BCUT2D eigenvalue weighted by molar-refractivity contribution is 5.94.